The third-order valence-electron chi connectivity index (χ3n) is 6.05. The van der Waals surface area contributed by atoms with Crippen molar-refractivity contribution in [2.45, 2.75) is 70.3 Å². The van der Waals surface area contributed by atoms with Crippen molar-refractivity contribution in [3.8, 4) is 5.75 Å². The van der Waals surface area contributed by atoms with E-state index in [1.165, 1.54) is 5.56 Å². The Morgan fingerprint density at radius 1 is 1.10 bits per heavy atom. The lowest BCUT2D eigenvalue weighted by Crippen LogP contribution is -2.48. The SMILES string of the molecule is CCCC(O)(CCC)CN=C(NCC)NCC1(c2ccc(OC)cc2)CCOCC1. The molecule has 3 N–H and O–H groups in total. The lowest BCUT2D eigenvalue weighted by Gasteiger charge is -2.38. The van der Waals surface area contributed by atoms with E-state index in [2.05, 4.69) is 43.5 Å². The van der Waals surface area contributed by atoms with Gasteiger partial charge in [-0.05, 0) is 50.3 Å². The van der Waals surface area contributed by atoms with Gasteiger partial charge < -0.3 is 25.2 Å². The minimum atomic E-state index is -0.724. The van der Waals surface area contributed by atoms with Crippen LogP contribution in [0.3, 0.4) is 0 Å². The zero-order valence-corrected chi connectivity index (χ0v) is 19.3. The fourth-order valence-electron chi connectivity index (χ4n) is 4.31. The third kappa shape index (κ3) is 6.88. The van der Waals surface area contributed by atoms with Crippen LogP contribution in [0.2, 0.25) is 0 Å². The number of methoxy groups -OCH3 is 1. The van der Waals surface area contributed by atoms with E-state index in [1.54, 1.807) is 7.11 Å². The van der Waals surface area contributed by atoms with Crippen LogP contribution in [0.4, 0.5) is 0 Å². The van der Waals surface area contributed by atoms with Crippen LogP contribution in [0.1, 0.15) is 64.9 Å². The van der Waals surface area contributed by atoms with Gasteiger partial charge >= 0.3 is 0 Å². The summed E-state index contributed by atoms with van der Waals surface area (Å²) in [5, 5.41) is 17.8. The highest BCUT2D eigenvalue weighted by Crippen LogP contribution is 2.35. The van der Waals surface area contributed by atoms with E-state index in [4.69, 9.17) is 14.5 Å². The predicted octanol–water partition coefficient (Wildman–Crippen LogP) is 3.63. The van der Waals surface area contributed by atoms with Crippen molar-refractivity contribution in [1.82, 2.24) is 10.6 Å². The van der Waals surface area contributed by atoms with E-state index in [9.17, 15) is 5.11 Å². The summed E-state index contributed by atoms with van der Waals surface area (Å²) in [4.78, 5) is 4.75. The number of aliphatic imine (C=N–C) groups is 1. The maximum atomic E-state index is 10.9. The molecule has 6 nitrogen and oxygen atoms in total. The van der Waals surface area contributed by atoms with E-state index in [-0.39, 0.29) is 5.41 Å². The Morgan fingerprint density at radius 3 is 2.27 bits per heavy atom. The molecule has 2 rings (SSSR count). The summed E-state index contributed by atoms with van der Waals surface area (Å²) in [5.74, 6) is 1.64. The summed E-state index contributed by atoms with van der Waals surface area (Å²) in [5.41, 5.74) is 0.561. The fraction of sp³-hybridized carbons (Fsp3) is 0.708. The summed E-state index contributed by atoms with van der Waals surface area (Å²) in [6.07, 6.45) is 5.38. The molecule has 6 heteroatoms. The molecule has 0 aromatic heterocycles. The normalized spacial score (nSPS) is 16.9. The maximum absolute atomic E-state index is 10.9. The molecule has 1 heterocycles. The highest BCUT2D eigenvalue weighted by Gasteiger charge is 2.35. The second-order valence-electron chi connectivity index (χ2n) is 8.39. The molecule has 1 aromatic rings. The topological polar surface area (TPSA) is 75.1 Å². The van der Waals surface area contributed by atoms with Gasteiger partial charge in [0.15, 0.2) is 5.96 Å². The van der Waals surface area contributed by atoms with Crippen LogP contribution in [-0.2, 0) is 10.2 Å². The lowest BCUT2D eigenvalue weighted by molar-refractivity contribution is 0.0305. The average molecular weight is 420 g/mol. The van der Waals surface area contributed by atoms with Gasteiger partial charge in [-0.3, -0.25) is 4.99 Å². The number of benzene rings is 1. The minimum Gasteiger partial charge on any atom is -0.497 e. The Hall–Kier alpha value is -1.79. The molecular weight excluding hydrogens is 378 g/mol. The van der Waals surface area contributed by atoms with Gasteiger partial charge in [-0.15, -0.1) is 0 Å². The second-order valence-corrected chi connectivity index (χ2v) is 8.39. The molecule has 1 aliphatic rings. The van der Waals surface area contributed by atoms with E-state index in [0.29, 0.717) is 6.54 Å². The van der Waals surface area contributed by atoms with E-state index < -0.39 is 5.60 Å². The van der Waals surface area contributed by atoms with Gasteiger partial charge in [-0.2, -0.15) is 0 Å². The molecule has 0 unspecified atom stereocenters. The van der Waals surface area contributed by atoms with Crippen LogP contribution in [0, 0.1) is 0 Å². The van der Waals surface area contributed by atoms with Crippen LogP contribution in [0.15, 0.2) is 29.3 Å². The molecule has 0 bridgehead atoms. The molecule has 0 spiro atoms. The van der Waals surface area contributed by atoms with Crippen LogP contribution >= 0.6 is 0 Å². The van der Waals surface area contributed by atoms with Crippen molar-refractivity contribution < 1.29 is 14.6 Å². The van der Waals surface area contributed by atoms with Crippen molar-refractivity contribution >= 4 is 5.96 Å². The predicted molar refractivity (Wildman–Crippen MR) is 123 cm³/mol. The van der Waals surface area contributed by atoms with Gasteiger partial charge in [0.05, 0.1) is 19.3 Å². The molecule has 1 aliphatic heterocycles. The molecule has 0 aliphatic carbocycles. The highest BCUT2D eigenvalue weighted by molar-refractivity contribution is 5.80. The first-order chi connectivity index (χ1) is 14.5. The van der Waals surface area contributed by atoms with Gasteiger partial charge in [0, 0.05) is 31.7 Å². The Bertz CT molecular complexity index is 634. The summed E-state index contributed by atoms with van der Waals surface area (Å²) >= 11 is 0. The van der Waals surface area contributed by atoms with Crippen LogP contribution in [0.5, 0.6) is 5.75 Å². The van der Waals surface area contributed by atoms with E-state index in [0.717, 1.165) is 76.5 Å². The van der Waals surface area contributed by atoms with Crippen LogP contribution in [0.25, 0.3) is 0 Å². The summed E-state index contributed by atoms with van der Waals surface area (Å²) in [6.45, 7) is 9.77. The third-order valence-corrected chi connectivity index (χ3v) is 6.05. The summed E-state index contributed by atoms with van der Waals surface area (Å²) < 4.78 is 11.0. The first-order valence-corrected chi connectivity index (χ1v) is 11.5. The number of guanidine groups is 1. The first kappa shape index (κ1) is 24.5. The van der Waals surface area contributed by atoms with Crippen molar-refractivity contribution in [2.24, 2.45) is 4.99 Å². The standard InChI is InChI=1S/C24H41N3O3/c1-5-12-24(28,13-6-2)19-27-22(25-7-3)26-18-23(14-16-30-17-15-23)20-8-10-21(29-4)11-9-20/h8-11,28H,5-7,12-19H2,1-4H3,(H2,25,26,27). The first-order valence-electron chi connectivity index (χ1n) is 11.5. The minimum absolute atomic E-state index is 0.0101. The number of nitrogens with one attached hydrogen (secondary N) is 2. The van der Waals surface area contributed by atoms with E-state index in [1.807, 2.05) is 12.1 Å². The number of aliphatic hydroxyl groups is 1. The quantitative estimate of drug-likeness (QED) is 0.377. The zero-order chi connectivity index (χ0) is 21.9. The molecular formula is C24H41N3O3. The molecule has 1 fully saturated rings. The number of rotatable bonds is 11. The van der Waals surface area contributed by atoms with Crippen LogP contribution < -0.4 is 15.4 Å². The van der Waals surface area contributed by atoms with Crippen molar-refractivity contribution in [2.75, 3.05) is 40.0 Å². The van der Waals surface area contributed by atoms with Crippen molar-refractivity contribution in [3.63, 3.8) is 0 Å². The number of ether oxygens (including phenoxy) is 2. The molecule has 0 radical (unpaired) electrons. The maximum Gasteiger partial charge on any atom is 0.191 e. The average Bonchev–Trinajstić information content (AvgIpc) is 2.77. The highest BCUT2D eigenvalue weighted by atomic mass is 16.5. The summed E-state index contributed by atoms with van der Waals surface area (Å²) in [6, 6.07) is 8.39. The van der Waals surface area contributed by atoms with Crippen molar-refractivity contribution in [1.29, 1.82) is 0 Å². The van der Waals surface area contributed by atoms with Gasteiger partial charge in [0.1, 0.15) is 5.75 Å². The fourth-order valence-corrected chi connectivity index (χ4v) is 4.31. The Kier molecular flexibility index (Phi) is 9.92. The Balaban J connectivity index is 2.15. The van der Waals surface area contributed by atoms with E-state index >= 15 is 0 Å². The van der Waals surface area contributed by atoms with Gasteiger partial charge in [-0.1, -0.05) is 38.8 Å². The van der Waals surface area contributed by atoms with Gasteiger partial charge in [0.25, 0.3) is 0 Å². The lowest BCUT2D eigenvalue weighted by atomic mass is 9.74. The van der Waals surface area contributed by atoms with Crippen molar-refractivity contribution in [3.05, 3.63) is 29.8 Å². The number of hydrogen-bond acceptors (Lipinski definition) is 4. The monoisotopic (exact) mass is 419 g/mol. The molecule has 1 saturated heterocycles. The molecule has 170 valence electrons. The smallest absolute Gasteiger partial charge is 0.191 e. The molecule has 0 amide bonds. The Morgan fingerprint density at radius 2 is 1.73 bits per heavy atom. The van der Waals surface area contributed by atoms with Gasteiger partial charge in [0.2, 0.25) is 0 Å². The molecule has 0 saturated carbocycles. The number of nitrogens with zero attached hydrogens (tertiary/aromatic N) is 1. The Labute approximate surface area is 182 Å². The second kappa shape index (κ2) is 12.2. The number of hydrogen-bond donors (Lipinski definition) is 3. The molecule has 0 atom stereocenters. The molecule has 30 heavy (non-hydrogen) atoms. The molecule has 1 aromatic carbocycles. The van der Waals surface area contributed by atoms with Crippen LogP contribution in [-0.4, -0.2) is 56.6 Å². The van der Waals surface area contributed by atoms with Gasteiger partial charge in [-0.25, -0.2) is 0 Å². The summed E-state index contributed by atoms with van der Waals surface area (Å²) in [7, 11) is 1.69. The largest absolute Gasteiger partial charge is 0.497 e. The zero-order valence-electron chi connectivity index (χ0n) is 19.3.